The molecule has 22 heavy (non-hydrogen) atoms. The third kappa shape index (κ3) is 3.79. The second kappa shape index (κ2) is 7.50. The van der Waals surface area contributed by atoms with Crippen LogP contribution in [0.1, 0.15) is 35.8 Å². The van der Waals surface area contributed by atoms with Gasteiger partial charge in [0.15, 0.2) is 11.5 Å². The minimum Gasteiger partial charge on any atom is -0.493 e. The molecule has 0 saturated heterocycles. The molecule has 2 aromatic rings. The van der Waals surface area contributed by atoms with Crippen LogP contribution in [-0.4, -0.2) is 19.6 Å². The Bertz CT molecular complexity index is 625. The number of nitrogens with one attached hydrogen (secondary N) is 1. The van der Waals surface area contributed by atoms with Gasteiger partial charge in [0.25, 0.3) is 5.91 Å². The molecule has 0 aliphatic carbocycles. The zero-order valence-corrected chi connectivity index (χ0v) is 13.1. The summed E-state index contributed by atoms with van der Waals surface area (Å²) in [5.74, 6) is 1.05. The fraction of sp³-hybridized carbons (Fsp3) is 0.278. The van der Waals surface area contributed by atoms with E-state index in [1.165, 1.54) is 0 Å². The van der Waals surface area contributed by atoms with E-state index in [2.05, 4.69) is 5.32 Å². The maximum absolute atomic E-state index is 12.4. The second-order valence-corrected chi connectivity index (χ2v) is 4.90. The molecule has 2 rings (SSSR count). The number of hydrogen-bond donors (Lipinski definition) is 1. The van der Waals surface area contributed by atoms with Crippen molar-refractivity contribution in [3.63, 3.8) is 0 Å². The van der Waals surface area contributed by atoms with Crippen LogP contribution in [0.2, 0.25) is 0 Å². The van der Waals surface area contributed by atoms with Crippen LogP contribution in [0.25, 0.3) is 0 Å². The Kier molecular flexibility index (Phi) is 5.42. The molecule has 1 amide bonds. The van der Waals surface area contributed by atoms with Crippen molar-refractivity contribution in [2.45, 2.75) is 19.9 Å². The lowest BCUT2D eigenvalue weighted by atomic mass is 10.1. The van der Waals surface area contributed by atoms with Gasteiger partial charge in [0.05, 0.1) is 19.8 Å². The molecule has 0 heterocycles. The summed E-state index contributed by atoms with van der Waals surface area (Å²) in [4.78, 5) is 12.4. The van der Waals surface area contributed by atoms with Crippen LogP contribution < -0.4 is 14.8 Å². The zero-order valence-electron chi connectivity index (χ0n) is 13.1. The Morgan fingerprint density at radius 3 is 2.50 bits per heavy atom. The van der Waals surface area contributed by atoms with Crippen LogP contribution in [0, 0.1) is 0 Å². The first-order chi connectivity index (χ1) is 10.7. The Balaban J connectivity index is 2.12. The molecule has 2 aromatic carbocycles. The fourth-order valence-corrected chi connectivity index (χ4v) is 2.19. The third-order valence-electron chi connectivity index (χ3n) is 3.37. The molecule has 0 aromatic heterocycles. The van der Waals surface area contributed by atoms with Gasteiger partial charge in [-0.1, -0.05) is 30.3 Å². The van der Waals surface area contributed by atoms with Crippen molar-refractivity contribution in [3.8, 4) is 11.5 Å². The van der Waals surface area contributed by atoms with E-state index in [-0.39, 0.29) is 11.9 Å². The van der Waals surface area contributed by atoms with Crippen LogP contribution in [0.15, 0.2) is 48.5 Å². The highest BCUT2D eigenvalue weighted by Gasteiger charge is 2.14. The van der Waals surface area contributed by atoms with Gasteiger partial charge in [-0.25, -0.2) is 0 Å². The predicted octanol–water partition coefficient (Wildman–Crippen LogP) is 3.58. The first-order valence-electron chi connectivity index (χ1n) is 7.32. The third-order valence-corrected chi connectivity index (χ3v) is 3.37. The molecule has 116 valence electrons. The average molecular weight is 299 g/mol. The molecule has 4 heteroatoms. The van der Waals surface area contributed by atoms with Crippen molar-refractivity contribution < 1.29 is 14.3 Å². The van der Waals surface area contributed by atoms with Crippen LogP contribution in [0.3, 0.4) is 0 Å². The van der Waals surface area contributed by atoms with Crippen LogP contribution >= 0.6 is 0 Å². The van der Waals surface area contributed by atoms with E-state index in [9.17, 15) is 4.79 Å². The van der Waals surface area contributed by atoms with Gasteiger partial charge in [-0.05, 0) is 37.6 Å². The Hall–Kier alpha value is -2.49. The smallest absolute Gasteiger partial charge is 0.251 e. The number of ether oxygens (including phenoxy) is 2. The van der Waals surface area contributed by atoms with Crippen molar-refractivity contribution in [3.05, 3.63) is 59.7 Å². The van der Waals surface area contributed by atoms with Crippen molar-refractivity contribution in [1.82, 2.24) is 5.32 Å². The monoisotopic (exact) mass is 299 g/mol. The molecule has 0 bridgehead atoms. The van der Waals surface area contributed by atoms with Crippen LogP contribution in [-0.2, 0) is 0 Å². The van der Waals surface area contributed by atoms with E-state index >= 15 is 0 Å². The van der Waals surface area contributed by atoms with Gasteiger partial charge >= 0.3 is 0 Å². The summed E-state index contributed by atoms with van der Waals surface area (Å²) in [6.45, 7) is 4.41. The quantitative estimate of drug-likeness (QED) is 0.887. The van der Waals surface area contributed by atoms with Gasteiger partial charge in [-0.3, -0.25) is 4.79 Å². The zero-order chi connectivity index (χ0) is 15.9. The second-order valence-electron chi connectivity index (χ2n) is 4.90. The normalized spacial score (nSPS) is 11.6. The van der Waals surface area contributed by atoms with Gasteiger partial charge in [0, 0.05) is 5.56 Å². The maximum Gasteiger partial charge on any atom is 0.251 e. The summed E-state index contributed by atoms with van der Waals surface area (Å²) in [6.07, 6.45) is 0. The molecule has 0 aliphatic heterocycles. The summed E-state index contributed by atoms with van der Waals surface area (Å²) >= 11 is 0. The van der Waals surface area contributed by atoms with Crippen molar-refractivity contribution in [2.75, 3.05) is 13.7 Å². The number of amides is 1. The molecule has 0 spiro atoms. The van der Waals surface area contributed by atoms with E-state index < -0.39 is 0 Å². The average Bonchev–Trinajstić information content (AvgIpc) is 2.56. The number of rotatable bonds is 6. The largest absolute Gasteiger partial charge is 0.493 e. The standard InChI is InChI=1S/C18H21NO3/c1-4-22-16-11-10-15(12-17(16)21-3)18(20)19-13(2)14-8-6-5-7-9-14/h5-13H,4H2,1-3H3,(H,19,20). The molecule has 0 fully saturated rings. The topological polar surface area (TPSA) is 47.6 Å². The first kappa shape index (κ1) is 15.9. The van der Waals surface area contributed by atoms with Gasteiger partial charge in [0.1, 0.15) is 0 Å². The van der Waals surface area contributed by atoms with E-state index in [1.54, 1.807) is 25.3 Å². The Morgan fingerprint density at radius 1 is 1.14 bits per heavy atom. The van der Waals surface area contributed by atoms with E-state index in [0.717, 1.165) is 5.56 Å². The van der Waals surface area contributed by atoms with Gasteiger partial charge < -0.3 is 14.8 Å². The highest BCUT2D eigenvalue weighted by Crippen LogP contribution is 2.28. The lowest BCUT2D eigenvalue weighted by Gasteiger charge is -2.15. The summed E-state index contributed by atoms with van der Waals surface area (Å²) < 4.78 is 10.7. The van der Waals surface area contributed by atoms with Crippen molar-refractivity contribution in [1.29, 1.82) is 0 Å². The number of benzene rings is 2. The van der Waals surface area contributed by atoms with E-state index in [4.69, 9.17) is 9.47 Å². The summed E-state index contributed by atoms with van der Waals surface area (Å²) in [6, 6.07) is 15.0. The highest BCUT2D eigenvalue weighted by atomic mass is 16.5. The molecule has 4 nitrogen and oxygen atoms in total. The molecule has 0 saturated carbocycles. The molecule has 1 unspecified atom stereocenters. The molecular formula is C18H21NO3. The van der Waals surface area contributed by atoms with Crippen LogP contribution in [0.4, 0.5) is 0 Å². The number of methoxy groups -OCH3 is 1. The Morgan fingerprint density at radius 2 is 1.86 bits per heavy atom. The first-order valence-corrected chi connectivity index (χ1v) is 7.32. The van der Waals surface area contributed by atoms with Gasteiger partial charge in [-0.2, -0.15) is 0 Å². The van der Waals surface area contributed by atoms with Crippen LogP contribution in [0.5, 0.6) is 11.5 Å². The minimum absolute atomic E-state index is 0.0636. The Labute approximate surface area is 131 Å². The molecule has 1 N–H and O–H groups in total. The van der Waals surface area contributed by atoms with Gasteiger partial charge in [-0.15, -0.1) is 0 Å². The summed E-state index contributed by atoms with van der Waals surface area (Å²) in [5.41, 5.74) is 1.61. The molecule has 0 radical (unpaired) electrons. The molecule has 0 aliphatic rings. The molecule has 1 atom stereocenters. The van der Waals surface area contributed by atoms with E-state index in [0.29, 0.717) is 23.7 Å². The van der Waals surface area contributed by atoms with E-state index in [1.807, 2.05) is 44.2 Å². The predicted molar refractivity (Wildman–Crippen MR) is 86.5 cm³/mol. The minimum atomic E-state index is -0.141. The van der Waals surface area contributed by atoms with Crippen molar-refractivity contribution >= 4 is 5.91 Å². The fourth-order valence-electron chi connectivity index (χ4n) is 2.19. The number of carbonyl (C=O) groups is 1. The maximum atomic E-state index is 12.4. The summed E-state index contributed by atoms with van der Waals surface area (Å²) in [5, 5.41) is 2.98. The SMILES string of the molecule is CCOc1ccc(C(=O)NC(C)c2ccccc2)cc1OC. The summed E-state index contributed by atoms with van der Waals surface area (Å²) in [7, 11) is 1.56. The highest BCUT2D eigenvalue weighted by molar-refractivity contribution is 5.95. The number of hydrogen-bond acceptors (Lipinski definition) is 3. The van der Waals surface area contributed by atoms with Gasteiger partial charge in [0.2, 0.25) is 0 Å². The molecular weight excluding hydrogens is 278 g/mol. The number of carbonyl (C=O) groups excluding carboxylic acids is 1. The lowest BCUT2D eigenvalue weighted by molar-refractivity contribution is 0.0939. The van der Waals surface area contributed by atoms with Crippen molar-refractivity contribution in [2.24, 2.45) is 0 Å². The lowest BCUT2D eigenvalue weighted by Crippen LogP contribution is -2.26.